The van der Waals surface area contributed by atoms with E-state index in [1.165, 1.54) is 6.33 Å². The molecular formula is C16H13N7S. The van der Waals surface area contributed by atoms with Crippen LogP contribution in [0.2, 0.25) is 0 Å². The molecule has 0 amide bonds. The first-order valence-corrected chi connectivity index (χ1v) is 8.24. The Morgan fingerprint density at radius 3 is 3.12 bits per heavy atom. The molecule has 4 aromatic rings. The number of nitriles is 1. The Balaban J connectivity index is 1.70. The zero-order valence-electron chi connectivity index (χ0n) is 12.9. The highest BCUT2D eigenvalue weighted by Crippen LogP contribution is 2.28. The molecule has 0 unspecified atom stereocenters. The molecule has 0 aliphatic rings. The second-order valence-electron chi connectivity index (χ2n) is 5.28. The fourth-order valence-corrected chi connectivity index (χ4v) is 3.43. The van der Waals surface area contributed by atoms with E-state index in [4.69, 9.17) is 5.26 Å². The molecule has 0 fully saturated rings. The lowest BCUT2D eigenvalue weighted by atomic mass is 10.3. The molecule has 3 aromatic heterocycles. The second kappa shape index (κ2) is 5.86. The molecule has 0 aliphatic carbocycles. The van der Waals surface area contributed by atoms with Crippen molar-refractivity contribution in [3.63, 3.8) is 0 Å². The molecule has 0 bridgehead atoms. The predicted molar refractivity (Wildman–Crippen MR) is 93.2 cm³/mol. The van der Waals surface area contributed by atoms with Gasteiger partial charge in [-0.2, -0.15) is 10.4 Å². The number of aryl methyl sites for hydroxylation is 2. The maximum atomic E-state index is 8.73. The first-order valence-electron chi connectivity index (χ1n) is 7.42. The maximum Gasteiger partial charge on any atom is 0.163 e. The first kappa shape index (κ1) is 14.5. The molecule has 0 radical (unpaired) electrons. The zero-order chi connectivity index (χ0) is 16.5. The fraction of sp³-hybridized carbons (Fsp3) is 0.188. The monoisotopic (exact) mass is 335 g/mol. The Morgan fingerprint density at radius 1 is 1.33 bits per heavy atom. The van der Waals surface area contributed by atoms with Crippen molar-refractivity contribution in [1.82, 2.24) is 24.7 Å². The summed E-state index contributed by atoms with van der Waals surface area (Å²) in [6.07, 6.45) is 3.62. The van der Waals surface area contributed by atoms with Crippen molar-refractivity contribution >= 4 is 44.1 Å². The largest absolute Gasteiger partial charge is 0.339 e. The van der Waals surface area contributed by atoms with Gasteiger partial charge in [0.1, 0.15) is 12.1 Å². The van der Waals surface area contributed by atoms with Crippen LogP contribution in [0.5, 0.6) is 0 Å². The minimum absolute atomic E-state index is 0.394. The topological polar surface area (TPSA) is 92.3 Å². The van der Waals surface area contributed by atoms with Gasteiger partial charge in [-0.15, -0.1) is 11.3 Å². The van der Waals surface area contributed by atoms with E-state index in [-0.39, 0.29) is 0 Å². The van der Waals surface area contributed by atoms with Crippen LogP contribution in [0, 0.1) is 18.3 Å². The zero-order valence-corrected chi connectivity index (χ0v) is 13.7. The molecule has 0 spiro atoms. The van der Waals surface area contributed by atoms with Crippen molar-refractivity contribution in [3.05, 3.63) is 35.7 Å². The molecule has 0 atom stereocenters. The molecule has 3 heterocycles. The molecule has 24 heavy (non-hydrogen) atoms. The van der Waals surface area contributed by atoms with Gasteiger partial charge in [-0.25, -0.2) is 19.6 Å². The average Bonchev–Trinajstić information content (AvgIpc) is 3.15. The summed E-state index contributed by atoms with van der Waals surface area (Å²) >= 11 is 1.66. The van der Waals surface area contributed by atoms with Gasteiger partial charge in [-0.3, -0.25) is 0 Å². The number of benzene rings is 1. The number of thiazole rings is 1. The van der Waals surface area contributed by atoms with Gasteiger partial charge in [0.15, 0.2) is 5.65 Å². The smallest absolute Gasteiger partial charge is 0.163 e. The molecule has 0 aliphatic heterocycles. The molecule has 1 aromatic carbocycles. The van der Waals surface area contributed by atoms with Gasteiger partial charge in [0.2, 0.25) is 0 Å². The van der Waals surface area contributed by atoms with E-state index >= 15 is 0 Å². The highest BCUT2D eigenvalue weighted by molar-refractivity contribution is 7.18. The van der Waals surface area contributed by atoms with Crippen molar-refractivity contribution in [3.8, 4) is 6.07 Å². The Bertz CT molecular complexity index is 1070. The molecular weight excluding hydrogens is 322 g/mol. The van der Waals surface area contributed by atoms with Crippen molar-refractivity contribution in [2.45, 2.75) is 19.9 Å². The van der Waals surface area contributed by atoms with E-state index in [1.807, 2.05) is 19.1 Å². The number of rotatable bonds is 4. The average molecular weight is 335 g/mol. The van der Waals surface area contributed by atoms with Gasteiger partial charge in [0.05, 0.1) is 45.8 Å². The minimum Gasteiger partial charge on any atom is -0.339 e. The van der Waals surface area contributed by atoms with Crippen LogP contribution in [-0.4, -0.2) is 24.7 Å². The molecule has 8 heteroatoms. The third kappa shape index (κ3) is 2.55. The Hall–Kier alpha value is -3.05. The van der Waals surface area contributed by atoms with Gasteiger partial charge in [0.25, 0.3) is 0 Å². The van der Waals surface area contributed by atoms with Crippen LogP contribution >= 0.6 is 11.3 Å². The lowest BCUT2D eigenvalue weighted by molar-refractivity contribution is 0.643. The number of hydrogen-bond donors (Lipinski definition) is 1. The van der Waals surface area contributed by atoms with Crippen LogP contribution in [0.15, 0.2) is 30.7 Å². The van der Waals surface area contributed by atoms with E-state index in [2.05, 4.69) is 37.5 Å². The standard InChI is InChI=1S/C16H13N7S/c1-10-21-13-4-3-11(7-14(13)24-10)22-15-12-8-20-23(6-2-5-17)16(12)19-9-18-15/h3-4,7-9H,2,6H2,1H3,(H,18,19,22). The Kier molecular flexibility index (Phi) is 3.55. The van der Waals surface area contributed by atoms with Crippen LogP contribution in [0.25, 0.3) is 21.3 Å². The van der Waals surface area contributed by atoms with Gasteiger partial charge in [-0.05, 0) is 25.1 Å². The van der Waals surface area contributed by atoms with E-state index in [0.29, 0.717) is 18.8 Å². The number of hydrogen-bond acceptors (Lipinski definition) is 7. The van der Waals surface area contributed by atoms with Crippen LogP contribution in [-0.2, 0) is 6.54 Å². The third-order valence-corrected chi connectivity index (χ3v) is 4.56. The van der Waals surface area contributed by atoms with E-state index in [9.17, 15) is 0 Å². The normalized spacial score (nSPS) is 11.0. The van der Waals surface area contributed by atoms with E-state index < -0.39 is 0 Å². The Morgan fingerprint density at radius 2 is 2.25 bits per heavy atom. The van der Waals surface area contributed by atoms with Crippen molar-refractivity contribution in [2.24, 2.45) is 0 Å². The van der Waals surface area contributed by atoms with Crippen molar-refractivity contribution in [2.75, 3.05) is 5.32 Å². The number of nitrogens with zero attached hydrogens (tertiary/aromatic N) is 6. The van der Waals surface area contributed by atoms with E-state index in [1.54, 1.807) is 22.2 Å². The van der Waals surface area contributed by atoms with Crippen LogP contribution in [0.1, 0.15) is 11.4 Å². The van der Waals surface area contributed by atoms with Crippen molar-refractivity contribution < 1.29 is 0 Å². The van der Waals surface area contributed by atoms with Crippen molar-refractivity contribution in [1.29, 1.82) is 5.26 Å². The van der Waals surface area contributed by atoms with Gasteiger partial charge >= 0.3 is 0 Å². The fourth-order valence-electron chi connectivity index (χ4n) is 2.57. The third-order valence-electron chi connectivity index (χ3n) is 3.63. The number of nitrogens with one attached hydrogen (secondary N) is 1. The lowest BCUT2D eigenvalue weighted by Crippen LogP contribution is -2.01. The van der Waals surface area contributed by atoms with Crippen LogP contribution < -0.4 is 5.32 Å². The maximum absolute atomic E-state index is 8.73. The summed E-state index contributed by atoms with van der Waals surface area (Å²) in [4.78, 5) is 13.1. The summed E-state index contributed by atoms with van der Waals surface area (Å²) in [5.74, 6) is 0.698. The minimum atomic E-state index is 0.394. The number of aromatic nitrogens is 5. The quantitative estimate of drug-likeness (QED) is 0.614. The lowest BCUT2D eigenvalue weighted by Gasteiger charge is -2.06. The molecule has 0 saturated carbocycles. The molecule has 4 rings (SSSR count). The summed E-state index contributed by atoms with van der Waals surface area (Å²) in [6, 6.07) is 8.16. The Labute approximate surface area is 141 Å². The molecule has 1 N–H and O–H groups in total. The summed E-state index contributed by atoms with van der Waals surface area (Å²) in [6.45, 7) is 2.52. The highest BCUT2D eigenvalue weighted by Gasteiger charge is 2.10. The predicted octanol–water partition coefficient (Wildman–Crippen LogP) is 3.40. The second-order valence-corrected chi connectivity index (χ2v) is 6.51. The van der Waals surface area contributed by atoms with Crippen LogP contribution in [0.3, 0.4) is 0 Å². The summed E-state index contributed by atoms with van der Waals surface area (Å²) < 4.78 is 2.86. The van der Waals surface area contributed by atoms with Gasteiger partial charge in [0, 0.05) is 5.69 Å². The van der Waals surface area contributed by atoms with E-state index in [0.717, 1.165) is 31.9 Å². The highest BCUT2D eigenvalue weighted by atomic mass is 32.1. The first-order chi connectivity index (χ1) is 11.7. The summed E-state index contributed by atoms with van der Waals surface area (Å²) in [5.41, 5.74) is 2.66. The number of fused-ring (bicyclic) bond motifs is 2. The van der Waals surface area contributed by atoms with Gasteiger partial charge in [-0.1, -0.05) is 0 Å². The number of anilines is 2. The molecule has 7 nitrogen and oxygen atoms in total. The molecule has 118 valence electrons. The summed E-state index contributed by atoms with van der Waals surface area (Å²) in [7, 11) is 0. The SMILES string of the molecule is Cc1nc2ccc(Nc3ncnc4c3cnn4CCC#N)cc2s1. The van der Waals surface area contributed by atoms with Gasteiger partial charge < -0.3 is 5.32 Å². The molecule has 0 saturated heterocycles. The summed E-state index contributed by atoms with van der Waals surface area (Å²) in [5, 5.41) is 18.2. The van der Waals surface area contributed by atoms with Crippen LogP contribution in [0.4, 0.5) is 11.5 Å².